The second kappa shape index (κ2) is 4.74. The minimum Gasteiger partial charge on any atom is -0.478 e. The largest absolute Gasteiger partial charge is 0.478 e. The molecule has 1 aromatic rings. The molecule has 1 aromatic heterocycles. The lowest BCUT2D eigenvalue weighted by atomic mass is 10.2. The van der Waals surface area contributed by atoms with Crippen molar-refractivity contribution in [3.8, 4) is 0 Å². The predicted octanol–water partition coefficient (Wildman–Crippen LogP) is 1.72. The molecule has 1 aliphatic heterocycles. The average Bonchev–Trinajstić information content (AvgIpc) is 2.29. The molecule has 1 unspecified atom stereocenters. The van der Waals surface area contributed by atoms with E-state index < -0.39 is 5.97 Å². The SMILES string of the molecule is CC1CN(c2ncccc2C(=O)O)CCS1. The van der Waals surface area contributed by atoms with Crippen LogP contribution in [0.2, 0.25) is 0 Å². The number of hydrogen-bond donors (Lipinski definition) is 1. The Hall–Kier alpha value is -1.23. The molecule has 2 heterocycles. The molecule has 1 aliphatic rings. The summed E-state index contributed by atoms with van der Waals surface area (Å²) >= 11 is 1.91. The zero-order valence-electron chi connectivity index (χ0n) is 9.09. The maximum Gasteiger partial charge on any atom is 0.339 e. The van der Waals surface area contributed by atoms with E-state index >= 15 is 0 Å². The van der Waals surface area contributed by atoms with Crippen molar-refractivity contribution in [3.63, 3.8) is 0 Å². The summed E-state index contributed by atoms with van der Waals surface area (Å²) in [6.07, 6.45) is 1.65. The number of hydrogen-bond acceptors (Lipinski definition) is 4. The van der Waals surface area contributed by atoms with Crippen LogP contribution < -0.4 is 4.90 Å². The molecule has 16 heavy (non-hydrogen) atoms. The van der Waals surface area contributed by atoms with Crippen LogP contribution in [0, 0.1) is 0 Å². The lowest BCUT2D eigenvalue weighted by molar-refractivity contribution is 0.0697. The molecular formula is C11H14N2O2S. The van der Waals surface area contributed by atoms with Gasteiger partial charge in [0.2, 0.25) is 0 Å². The van der Waals surface area contributed by atoms with Gasteiger partial charge in [0, 0.05) is 30.3 Å². The van der Waals surface area contributed by atoms with Gasteiger partial charge in [-0.05, 0) is 12.1 Å². The van der Waals surface area contributed by atoms with Crippen LogP contribution in [-0.2, 0) is 0 Å². The highest BCUT2D eigenvalue weighted by atomic mass is 32.2. The molecule has 0 spiro atoms. The summed E-state index contributed by atoms with van der Waals surface area (Å²) in [7, 11) is 0. The van der Waals surface area contributed by atoms with E-state index in [1.54, 1.807) is 18.3 Å². The summed E-state index contributed by atoms with van der Waals surface area (Å²) in [4.78, 5) is 17.3. The van der Waals surface area contributed by atoms with Crippen LogP contribution in [0.15, 0.2) is 18.3 Å². The summed E-state index contributed by atoms with van der Waals surface area (Å²) in [5, 5.41) is 9.62. The predicted molar refractivity (Wildman–Crippen MR) is 65.3 cm³/mol. The molecule has 5 heteroatoms. The Labute approximate surface area is 98.7 Å². The molecule has 1 N–H and O–H groups in total. The molecule has 0 aliphatic carbocycles. The number of aromatic nitrogens is 1. The van der Waals surface area contributed by atoms with E-state index in [0.29, 0.717) is 16.6 Å². The van der Waals surface area contributed by atoms with Gasteiger partial charge in [0.05, 0.1) is 0 Å². The fourth-order valence-electron chi connectivity index (χ4n) is 1.83. The van der Waals surface area contributed by atoms with Crippen molar-refractivity contribution in [3.05, 3.63) is 23.9 Å². The zero-order chi connectivity index (χ0) is 11.5. The van der Waals surface area contributed by atoms with Crippen molar-refractivity contribution < 1.29 is 9.90 Å². The van der Waals surface area contributed by atoms with E-state index in [-0.39, 0.29) is 0 Å². The Morgan fingerprint density at radius 1 is 1.69 bits per heavy atom. The van der Waals surface area contributed by atoms with E-state index in [4.69, 9.17) is 5.11 Å². The van der Waals surface area contributed by atoms with Gasteiger partial charge in [-0.3, -0.25) is 0 Å². The van der Waals surface area contributed by atoms with Crippen molar-refractivity contribution in [1.82, 2.24) is 4.98 Å². The van der Waals surface area contributed by atoms with Gasteiger partial charge in [-0.15, -0.1) is 0 Å². The highest BCUT2D eigenvalue weighted by Gasteiger charge is 2.22. The van der Waals surface area contributed by atoms with Crippen LogP contribution >= 0.6 is 11.8 Å². The lowest BCUT2D eigenvalue weighted by Crippen LogP contribution is -2.38. The Kier molecular flexibility index (Phi) is 3.33. The van der Waals surface area contributed by atoms with Crippen LogP contribution in [0.25, 0.3) is 0 Å². The summed E-state index contributed by atoms with van der Waals surface area (Å²) in [6, 6.07) is 3.27. The minimum absolute atomic E-state index is 0.293. The molecule has 0 bridgehead atoms. The highest BCUT2D eigenvalue weighted by Crippen LogP contribution is 2.24. The number of carbonyl (C=O) groups is 1. The van der Waals surface area contributed by atoms with Crippen LogP contribution in [0.4, 0.5) is 5.82 Å². The number of rotatable bonds is 2. The van der Waals surface area contributed by atoms with Gasteiger partial charge < -0.3 is 10.0 Å². The van der Waals surface area contributed by atoms with Crippen molar-refractivity contribution in [2.75, 3.05) is 23.7 Å². The molecular weight excluding hydrogens is 224 g/mol. The molecule has 4 nitrogen and oxygen atoms in total. The number of thioether (sulfide) groups is 1. The van der Waals surface area contributed by atoms with Gasteiger partial charge in [-0.25, -0.2) is 9.78 Å². The molecule has 1 atom stereocenters. The van der Waals surface area contributed by atoms with Crippen molar-refractivity contribution in [2.24, 2.45) is 0 Å². The van der Waals surface area contributed by atoms with Gasteiger partial charge in [-0.1, -0.05) is 6.92 Å². The monoisotopic (exact) mass is 238 g/mol. The third-order valence-corrected chi connectivity index (χ3v) is 3.69. The fourth-order valence-corrected chi connectivity index (χ4v) is 2.84. The summed E-state index contributed by atoms with van der Waals surface area (Å²) in [5.74, 6) is 0.715. The quantitative estimate of drug-likeness (QED) is 0.850. The van der Waals surface area contributed by atoms with E-state index in [1.807, 2.05) is 11.8 Å². The molecule has 0 amide bonds. The molecule has 0 radical (unpaired) electrons. The van der Waals surface area contributed by atoms with Gasteiger partial charge in [0.25, 0.3) is 0 Å². The van der Waals surface area contributed by atoms with Crippen LogP contribution in [-0.4, -0.2) is 40.2 Å². The topological polar surface area (TPSA) is 53.4 Å². The van der Waals surface area contributed by atoms with Gasteiger partial charge in [0.1, 0.15) is 11.4 Å². The number of pyridine rings is 1. The van der Waals surface area contributed by atoms with Gasteiger partial charge in [0.15, 0.2) is 0 Å². The van der Waals surface area contributed by atoms with Crippen molar-refractivity contribution in [1.29, 1.82) is 0 Å². The summed E-state index contributed by atoms with van der Waals surface area (Å²) < 4.78 is 0. The number of aromatic carboxylic acids is 1. The zero-order valence-corrected chi connectivity index (χ0v) is 9.91. The third kappa shape index (κ3) is 2.29. The Morgan fingerprint density at radius 2 is 2.50 bits per heavy atom. The normalized spacial score (nSPS) is 20.8. The van der Waals surface area contributed by atoms with Crippen LogP contribution in [0.3, 0.4) is 0 Å². The number of carboxylic acid groups (broad SMARTS) is 1. The summed E-state index contributed by atoms with van der Waals surface area (Å²) in [6.45, 7) is 3.88. The third-order valence-electron chi connectivity index (χ3n) is 2.56. The maximum absolute atomic E-state index is 11.1. The molecule has 1 fully saturated rings. The fraction of sp³-hybridized carbons (Fsp3) is 0.455. The first-order chi connectivity index (χ1) is 7.68. The molecule has 1 saturated heterocycles. The first-order valence-corrected chi connectivity index (χ1v) is 6.28. The number of nitrogens with zero attached hydrogens (tertiary/aromatic N) is 2. The van der Waals surface area contributed by atoms with E-state index in [0.717, 1.165) is 18.8 Å². The summed E-state index contributed by atoms with van der Waals surface area (Å²) in [5.41, 5.74) is 0.293. The Balaban J connectivity index is 2.28. The Bertz CT molecular complexity index is 397. The van der Waals surface area contributed by atoms with Gasteiger partial charge >= 0.3 is 5.97 Å². The standard InChI is InChI=1S/C11H14N2O2S/c1-8-7-13(5-6-16-8)10-9(11(14)15)3-2-4-12-10/h2-4,8H,5-7H2,1H3,(H,14,15). The van der Waals surface area contributed by atoms with Crippen LogP contribution in [0.1, 0.15) is 17.3 Å². The Morgan fingerprint density at radius 3 is 3.19 bits per heavy atom. The number of carboxylic acids is 1. The molecule has 0 aromatic carbocycles. The van der Waals surface area contributed by atoms with Crippen molar-refractivity contribution >= 4 is 23.5 Å². The molecule has 0 saturated carbocycles. The van der Waals surface area contributed by atoms with Crippen LogP contribution in [0.5, 0.6) is 0 Å². The smallest absolute Gasteiger partial charge is 0.339 e. The van der Waals surface area contributed by atoms with Gasteiger partial charge in [-0.2, -0.15) is 11.8 Å². The highest BCUT2D eigenvalue weighted by molar-refractivity contribution is 8.00. The average molecular weight is 238 g/mol. The van der Waals surface area contributed by atoms with E-state index in [9.17, 15) is 4.79 Å². The van der Waals surface area contributed by atoms with Crippen molar-refractivity contribution in [2.45, 2.75) is 12.2 Å². The first kappa shape index (κ1) is 11.3. The number of anilines is 1. The molecule has 86 valence electrons. The minimum atomic E-state index is -0.908. The molecule has 2 rings (SSSR count). The second-order valence-corrected chi connectivity index (χ2v) is 5.35. The van der Waals surface area contributed by atoms with E-state index in [2.05, 4.69) is 16.8 Å². The lowest BCUT2D eigenvalue weighted by Gasteiger charge is -2.32. The van der Waals surface area contributed by atoms with E-state index in [1.165, 1.54) is 0 Å². The second-order valence-electron chi connectivity index (χ2n) is 3.81. The first-order valence-electron chi connectivity index (χ1n) is 5.23. The maximum atomic E-state index is 11.1.